The van der Waals surface area contributed by atoms with Crippen molar-refractivity contribution in [2.75, 3.05) is 0 Å². The molecule has 1 heteroatoms. The van der Waals surface area contributed by atoms with Gasteiger partial charge in [-0.1, -0.05) is 71.7 Å². The maximum absolute atomic E-state index is 3.72. The molecule has 0 aromatic heterocycles. The van der Waals surface area contributed by atoms with Crippen LogP contribution in [0.5, 0.6) is 0 Å². The van der Waals surface area contributed by atoms with Gasteiger partial charge in [0, 0.05) is 4.47 Å². The quantitative estimate of drug-likeness (QED) is 0.666. The summed E-state index contributed by atoms with van der Waals surface area (Å²) in [6, 6.07) is 15.1. The van der Waals surface area contributed by atoms with E-state index in [4.69, 9.17) is 0 Å². The molecule has 0 unspecified atom stereocenters. The summed E-state index contributed by atoms with van der Waals surface area (Å²) in [5.74, 6) is 0. The molecule has 3 rings (SSSR count). The molecule has 1 aliphatic carbocycles. The standard InChI is InChI=1S/C18H17Br/c1-2-6-14-9-10-16-15(11-12-17(19)18(14)16)13-7-4-3-5-8-13/h3-5,7-9,11-12H,2,6,10H2,1H3. The summed E-state index contributed by atoms with van der Waals surface area (Å²) < 4.78 is 1.24. The van der Waals surface area contributed by atoms with Gasteiger partial charge in [0.1, 0.15) is 0 Å². The summed E-state index contributed by atoms with van der Waals surface area (Å²) in [6.07, 6.45) is 5.83. The van der Waals surface area contributed by atoms with Crippen LogP contribution < -0.4 is 0 Å². The van der Waals surface area contributed by atoms with E-state index in [9.17, 15) is 0 Å². The fourth-order valence-electron chi connectivity index (χ4n) is 2.89. The van der Waals surface area contributed by atoms with Gasteiger partial charge in [-0.3, -0.25) is 0 Å². The van der Waals surface area contributed by atoms with Gasteiger partial charge in [0.25, 0.3) is 0 Å². The van der Waals surface area contributed by atoms with Crippen molar-refractivity contribution in [3.05, 3.63) is 64.1 Å². The van der Waals surface area contributed by atoms with Crippen LogP contribution in [-0.4, -0.2) is 0 Å². The third-order valence-corrected chi connectivity index (χ3v) is 4.40. The summed E-state index contributed by atoms with van der Waals surface area (Å²) >= 11 is 3.72. The molecule has 0 spiro atoms. The number of rotatable bonds is 3. The van der Waals surface area contributed by atoms with Crippen LogP contribution in [0.4, 0.5) is 0 Å². The zero-order valence-corrected chi connectivity index (χ0v) is 12.7. The first kappa shape index (κ1) is 12.7. The van der Waals surface area contributed by atoms with Crippen LogP contribution in [0.15, 0.2) is 53.0 Å². The molecule has 0 aliphatic heterocycles. The minimum absolute atomic E-state index is 1.06. The van der Waals surface area contributed by atoms with Gasteiger partial charge in [-0.15, -0.1) is 0 Å². The molecule has 1 aliphatic rings. The normalized spacial score (nSPS) is 13.3. The highest BCUT2D eigenvalue weighted by atomic mass is 79.9. The lowest BCUT2D eigenvalue weighted by Gasteiger charge is -2.13. The van der Waals surface area contributed by atoms with Crippen LogP contribution in [0, 0.1) is 0 Å². The highest BCUT2D eigenvalue weighted by Gasteiger charge is 2.20. The summed E-state index contributed by atoms with van der Waals surface area (Å²) in [5, 5.41) is 0. The summed E-state index contributed by atoms with van der Waals surface area (Å²) in [4.78, 5) is 0. The van der Waals surface area contributed by atoms with E-state index in [2.05, 4.69) is 71.4 Å². The maximum atomic E-state index is 3.72. The smallest absolute Gasteiger partial charge is 0.0253 e. The van der Waals surface area contributed by atoms with Gasteiger partial charge in [0.05, 0.1) is 0 Å². The van der Waals surface area contributed by atoms with E-state index in [1.807, 2.05) is 0 Å². The Labute approximate surface area is 123 Å². The predicted octanol–water partition coefficient (Wildman–Crippen LogP) is 5.86. The van der Waals surface area contributed by atoms with Crippen LogP contribution in [0.2, 0.25) is 0 Å². The van der Waals surface area contributed by atoms with Crippen molar-refractivity contribution in [1.82, 2.24) is 0 Å². The van der Waals surface area contributed by atoms with E-state index in [1.165, 1.54) is 45.1 Å². The van der Waals surface area contributed by atoms with Crippen LogP contribution in [0.25, 0.3) is 16.7 Å². The third-order valence-electron chi connectivity index (χ3n) is 3.74. The minimum Gasteiger partial charge on any atom is -0.0762 e. The Kier molecular flexibility index (Phi) is 3.56. The lowest BCUT2D eigenvalue weighted by molar-refractivity contribution is 0.974. The van der Waals surface area contributed by atoms with Gasteiger partial charge in [0.2, 0.25) is 0 Å². The molecule has 0 atom stereocenters. The van der Waals surface area contributed by atoms with E-state index in [0.29, 0.717) is 0 Å². The molecule has 0 N–H and O–H groups in total. The van der Waals surface area contributed by atoms with Crippen molar-refractivity contribution < 1.29 is 0 Å². The van der Waals surface area contributed by atoms with Crippen LogP contribution in [0.1, 0.15) is 30.9 Å². The first-order valence-electron chi connectivity index (χ1n) is 6.87. The first-order chi connectivity index (χ1) is 9.31. The highest BCUT2D eigenvalue weighted by Crippen LogP contribution is 2.41. The average Bonchev–Trinajstić information content (AvgIpc) is 2.86. The van der Waals surface area contributed by atoms with E-state index in [1.54, 1.807) is 0 Å². The minimum atomic E-state index is 1.06. The Morgan fingerprint density at radius 2 is 1.84 bits per heavy atom. The SMILES string of the molecule is CCCC1=CCc2c(-c3ccccc3)ccc(Br)c21. The van der Waals surface area contributed by atoms with E-state index >= 15 is 0 Å². The molecule has 0 saturated carbocycles. The summed E-state index contributed by atoms with van der Waals surface area (Å²) in [7, 11) is 0. The second kappa shape index (κ2) is 5.34. The Morgan fingerprint density at radius 3 is 2.58 bits per heavy atom. The van der Waals surface area contributed by atoms with Crippen LogP contribution in [0.3, 0.4) is 0 Å². The Bertz CT molecular complexity index is 624. The average molecular weight is 313 g/mol. The molecule has 2 aromatic carbocycles. The third kappa shape index (κ3) is 2.28. The number of halogens is 1. The molecule has 2 aromatic rings. The van der Waals surface area contributed by atoms with Crippen LogP contribution in [-0.2, 0) is 6.42 Å². The summed E-state index contributed by atoms with van der Waals surface area (Å²) in [5.41, 5.74) is 7.10. The Hall–Kier alpha value is -1.34. The summed E-state index contributed by atoms with van der Waals surface area (Å²) in [6.45, 7) is 2.24. The molecule has 0 nitrogen and oxygen atoms in total. The molecule has 0 bridgehead atoms. The second-order valence-electron chi connectivity index (χ2n) is 5.00. The van der Waals surface area contributed by atoms with E-state index < -0.39 is 0 Å². The van der Waals surface area contributed by atoms with Crippen molar-refractivity contribution in [2.45, 2.75) is 26.2 Å². The zero-order valence-electron chi connectivity index (χ0n) is 11.1. The lowest BCUT2D eigenvalue weighted by atomic mass is 9.94. The number of hydrogen-bond acceptors (Lipinski definition) is 0. The molecule has 19 heavy (non-hydrogen) atoms. The molecular weight excluding hydrogens is 296 g/mol. The van der Waals surface area contributed by atoms with Crippen molar-refractivity contribution >= 4 is 21.5 Å². The monoisotopic (exact) mass is 312 g/mol. The van der Waals surface area contributed by atoms with Crippen molar-refractivity contribution in [3.63, 3.8) is 0 Å². The maximum Gasteiger partial charge on any atom is 0.0253 e. The molecule has 0 radical (unpaired) electrons. The fraction of sp³-hybridized carbons (Fsp3) is 0.222. The Balaban J connectivity index is 2.13. The van der Waals surface area contributed by atoms with Gasteiger partial charge < -0.3 is 0 Å². The van der Waals surface area contributed by atoms with E-state index in [0.717, 1.165) is 6.42 Å². The number of allylic oxidation sites excluding steroid dienone is 2. The molecular formula is C18H17Br. The first-order valence-corrected chi connectivity index (χ1v) is 7.66. The van der Waals surface area contributed by atoms with Gasteiger partial charge in [-0.25, -0.2) is 0 Å². The Morgan fingerprint density at radius 1 is 1.05 bits per heavy atom. The lowest BCUT2D eigenvalue weighted by Crippen LogP contribution is -1.92. The number of fused-ring (bicyclic) bond motifs is 1. The zero-order chi connectivity index (χ0) is 13.2. The largest absolute Gasteiger partial charge is 0.0762 e. The van der Waals surface area contributed by atoms with Crippen molar-refractivity contribution in [1.29, 1.82) is 0 Å². The topological polar surface area (TPSA) is 0 Å². The van der Waals surface area contributed by atoms with E-state index in [-0.39, 0.29) is 0 Å². The molecule has 0 fully saturated rings. The number of benzene rings is 2. The van der Waals surface area contributed by atoms with Gasteiger partial charge in [-0.2, -0.15) is 0 Å². The van der Waals surface area contributed by atoms with Crippen molar-refractivity contribution in [3.8, 4) is 11.1 Å². The van der Waals surface area contributed by atoms with Gasteiger partial charge >= 0.3 is 0 Å². The van der Waals surface area contributed by atoms with Crippen molar-refractivity contribution in [2.24, 2.45) is 0 Å². The number of hydrogen-bond donors (Lipinski definition) is 0. The van der Waals surface area contributed by atoms with Crippen LogP contribution >= 0.6 is 15.9 Å². The molecule has 0 amide bonds. The molecule has 96 valence electrons. The highest BCUT2D eigenvalue weighted by molar-refractivity contribution is 9.10. The molecule has 0 saturated heterocycles. The predicted molar refractivity (Wildman–Crippen MR) is 86.2 cm³/mol. The molecule has 0 heterocycles. The fourth-order valence-corrected chi connectivity index (χ4v) is 3.52. The second-order valence-corrected chi connectivity index (χ2v) is 5.85. The van der Waals surface area contributed by atoms with Gasteiger partial charge in [-0.05, 0) is 46.7 Å². The van der Waals surface area contributed by atoms with Gasteiger partial charge in [0.15, 0.2) is 0 Å².